The number of hydrogen-bond acceptors (Lipinski definition) is 4. The molecule has 6 heteroatoms. The predicted octanol–water partition coefficient (Wildman–Crippen LogP) is 1.82. The van der Waals surface area contributed by atoms with Crippen LogP contribution in [0.15, 0.2) is 12.4 Å². The second kappa shape index (κ2) is 3.96. The lowest BCUT2D eigenvalue weighted by molar-refractivity contribution is 0.581. The summed E-state index contributed by atoms with van der Waals surface area (Å²) in [4.78, 5) is 8.31. The van der Waals surface area contributed by atoms with E-state index in [-0.39, 0.29) is 0 Å². The van der Waals surface area contributed by atoms with Gasteiger partial charge in [-0.05, 0) is 32.6 Å². The maximum atomic E-state index is 11.3. The number of aromatic nitrogens is 2. The molecule has 1 aliphatic rings. The summed E-state index contributed by atoms with van der Waals surface area (Å²) in [5.41, 5.74) is 1.67. The lowest BCUT2D eigenvalue weighted by atomic mass is 10.2. The smallest absolute Gasteiger partial charge is 0.238 e. The summed E-state index contributed by atoms with van der Waals surface area (Å²) in [6.45, 7) is 1.86. The molecule has 0 radical (unpaired) electrons. The fourth-order valence-corrected chi connectivity index (χ4v) is 3.38. The van der Waals surface area contributed by atoms with Gasteiger partial charge in [0.15, 0.2) is 0 Å². The van der Waals surface area contributed by atoms with Crippen molar-refractivity contribution < 1.29 is 8.42 Å². The van der Waals surface area contributed by atoms with Crippen LogP contribution in [-0.4, -0.2) is 23.1 Å². The molecule has 0 aliphatic heterocycles. The summed E-state index contributed by atoms with van der Waals surface area (Å²) < 4.78 is 22.0. The highest BCUT2D eigenvalue weighted by atomic mass is 35.7. The Morgan fingerprint density at radius 2 is 2.12 bits per heavy atom. The van der Waals surface area contributed by atoms with Crippen molar-refractivity contribution in [2.24, 2.45) is 0 Å². The third-order valence-electron chi connectivity index (χ3n) is 2.97. The van der Waals surface area contributed by atoms with Gasteiger partial charge in [0.1, 0.15) is 0 Å². The Bertz CT molecular complexity index is 497. The van der Waals surface area contributed by atoms with E-state index in [4.69, 9.17) is 10.7 Å². The lowest BCUT2D eigenvalue weighted by Gasteiger charge is -2.10. The fourth-order valence-electron chi connectivity index (χ4n) is 1.75. The van der Waals surface area contributed by atoms with Crippen LogP contribution in [0.1, 0.15) is 30.7 Å². The third kappa shape index (κ3) is 2.35. The van der Waals surface area contributed by atoms with Crippen LogP contribution in [0, 0.1) is 6.92 Å². The van der Waals surface area contributed by atoms with Gasteiger partial charge in [-0.15, -0.1) is 0 Å². The van der Waals surface area contributed by atoms with E-state index in [1.807, 2.05) is 6.92 Å². The van der Waals surface area contributed by atoms with Gasteiger partial charge in [0, 0.05) is 23.1 Å². The van der Waals surface area contributed by atoms with Crippen LogP contribution in [0.2, 0.25) is 0 Å². The van der Waals surface area contributed by atoms with E-state index in [1.165, 1.54) is 0 Å². The average molecular weight is 261 g/mol. The van der Waals surface area contributed by atoms with Crippen molar-refractivity contribution in [3.8, 4) is 0 Å². The Morgan fingerprint density at radius 1 is 1.44 bits per heavy atom. The summed E-state index contributed by atoms with van der Waals surface area (Å²) in [6, 6.07) is 0. The maximum absolute atomic E-state index is 11.3. The van der Waals surface area contributed by atoms with E-state index < -0.39 is 13.8 Å². The highest BCUT2D eigenvalue weighted by Gasteiger charge is 2.53. The van der Waals surface area contributed by atoms with Crippen LogP contribution in [0.3, 0.4) is 0 Å². The van der Waals surface area contributed by atoms with Crippen LogP contribution in [0.5, 0.6) is 0 Å². The van der Waals surface area contributed by atoms with E-state index in [9.17, 15) is 8.42 Å². The molecule has 0 unspecified atom stereocenters. The molecule has 1 heterocycles. The van der Waals surface area contributed by atoms with Gasteiger partial charge < -0.3 is 0 Å². The summed E-state index contributed by atoms with van der Waals surface area (Å²) in [5.74, 6) is 0. The predicted molar refractivity (Wildman–Crippen MR) is 61.8 cm³/mol. The van der Waals surface area contributed by atoms with Gasteiger partial charge in [-0.3, -0.25) is 9.97 Å². The molecule has 2 rings (SSSR count). The quantitative estimate of drug-likeness (QED) is 0.775. The van der Waals surface area contributed by atoms with Gasteiger partial charge in [0.25, 0.3) is 0 Å². The molecule has 1 aliphatic carbocycles. The Hall–Kier alpha value is -0.680. The van der Waals surface area contributed by atoms with E-state index >= 15 is 0 Å². The lowest BCUT2D eigenvalue weighted by Crippen LogP contribution is -2.18. The molecule has 0 amide bonds. The molecule has 0 saturated heterocycles. The number of rotatable bonds is 4. The average Bonchev–Trinajstić information content (AvgIpc) is 2.94. The monoisotopic (exact) mass is 260 g/mol. The van der Waals surface area contributed by atoms with Gasteiger partial charge in [-0.2, -0.15) is 0 Å². The van der Waals surface area contributed by atoms with Gasteiger partial charge >= 0.3 is 0 Å². The second-order valence-corrected chi connectivity index (χ2v) is 7.23. The first-order chi connectivity index (χ1) is 7.43. The van der Waals surface area contributed by atoms with Crippen LogP contribution in [0.4, 0.5) is 0 Å². The first-order valence-electron chi connectivity index (χ1n) is 5.15. The van der Waals surface area contributed by atoms with Gasteiger partial charge in [0.2, 0.25) is 9.05 Å². The molecule has 1 saturated carbocycles. The molecule has 0 spiro atoms. The van der Waals surface area contributed by atoms with Crippen molar-refractivity contribution in [2.45, 2.75) is 37.4 Å². The Labute approximate surface area is 99.5 Å². The Morgan fingerprint density at radius 3 is 2.62 bits per heavy atom. The van der Waals surface area contributed by atoms with Crippen molar-refractivity contribution in [2.75, 3.05) is 0 Å². The first-order valence-corrected chi connectivity index (χ1v) is 7.46. The van der Waals surface area contributed by atoms with Gasteiger partial charge in [-0.25, -0.2) is 8.42 Å². The molecule has 1 aromatic heterocycles. The zero-order valence-corrected chi connectivity index (χ0v) is 10.6. The zero-order valence-electron chi connectivity index (χ0n) is 8.98. The molecule has 0 atom stereocenters. The first kappa shape index (κ1) is 11.8. The SMILES string of the molecule is Cc1cncc(CCC2(S(=O)(=O)Cl)CC2)n1. The second-order valence-electron chi connectivity index (χ2n) is 4.27. The normalized spacial score (nSPS) is 18.4. The Kier molecular flexibility index (Phi) is 2.92. The summed E-state index contributed by atoms with van der Waals surface area (Å²) >= 11 is 0. The van der Waals surface area contributed by atoms with Gasteiger partial charge in [0.05, 0.1) is 16.1 Å². The van der Waals surface area contributed by atoms with Crippen LogP contribution < -0.4 is 0 Å². The summed E-state index contributed by atoms with van der Waals surface area (Å²) in [5, 5.41) is 0. The molecule has 4 nitrogen and oxygen atoms in total. The van der Waals surface area contributed by atoms with Crippen molar-refractivity contribution in [3.63, 3.8) is 0 Å². The van der Waals surface area contributed by atoms with Crippen LogP contribution in [0.25, 0.3) is 0 Å². The molecular weight excluding hydrogens is 248 g/mol. The molecule has 0 N–H and O–H groups in total. The van der Waals surface area contributed by atoms with Crippen molar-refractivity contribution in [1.29, 1.82) is 0 Å². The molecular formula is C10H13ClN2O2S. The summed E-state index contributed by atoms with van der Waals surface area (Å²) in [7, 11) is 1.97. The van der Waals surface area contributed by atoms with Gasteiger partial charge in [-0.1, -0.05) is 0 Å². The topological polar surface area (TPSA) is 59.9 Å². The highest BCUT2D eigenvalue weighted by molar-refractivity contribution is 8.15. The fraction of sp³-hybridized carbons (Fsp3) is 0.600. The van der Waals surface area contributed by atoms with Crippen molar-refractivity contribution in [3.05, 3.63) is 23.8 Å². The van der Waals surface area contributed by atoms with Crippen LogP contribution in [-0.2, 0) is 15.5 Å². The highest BCUT2D eigenvalue weighted by Crippen LogP contribution is 2.48. The van der Waals surface area contributed by atoms with Crippen molar-refractivity contribution >= 4 is 19.7 Å². The van der Waals surface area contributed by atoms with Crippen molar-refractivity contribution in [1.82, 2.24) is 9.97 Å². The summed E-state index contributed by atoms with van der Waals surface area (Å²) in [6.07, 6.45) is 5.83. The Balaban J connectivity index is 2.04. The van der Waals surface area contributed by atoms with Crippen LogP contribution >= 0.6 is 10.7 Å². The minimum atomic E-state index is -3.45. The number of nitrogens with zero attached hydrogens (tertiary/aromatic N) is 2. The maximum Gasteiger partial charge on any atom is 0.238 e. The van der Waals surface area contributed by atoms with E-state index in [0.717, 1.165) is 11.4 Å². The zero-order chi connectivity index (χ0) is 11.8. The molecule has 88 valence electrons. The van der Waals surface area contributed by atoms with E-state index in [0.29, 0.717) is 25.7 Å². The molecule has 0 bridgehead atoms. The molecule has 1 aromatic rings. The number of aryl methyl sites for hydroxylation is 2. The third-order valence-corrected chi connectivity index (χ3v) is 5.60. The standard InChI is InChI=1S/C10H13ClN2O2S/c1-8-6-12-7-9(13-8)2-3-10(4-5-10)16(11,14)15/h6-7H,2-5H2,1H3. The minimum Gasteiger partial charge on any atom is -0.261 e. The minimum absolute atomic E-state index is 0.539. The van der Waals surface area contributed by atoms with E-state index in [1.54, 1.807) is 12.4 Å². The number of halogens is 1. The largest absolute Gasteiger partial charge is 0.261 e. The molecule has 1 fully saturated rings. The number of hydrogen-bond donors (Lipinski definition) is 0. The van der Waals surface area contributed by atoms with E-state index in [2.05, 4.69) is 9.97 Å². The molecule has 16 heavy (non-hydrogen) atoms. The molecule has 0 aromatic carbocycles.